The van der Waals surface area contributed by atoms with Crippen LogP contribution in [0.15, 0.2) is 18.2 Å². The summed E-state index contributed by atoms with van der Waals surface area (Å²) in [5.74, 6) is 3.66. The Kier molecular flexibility index (Phi) is 5.93. The molecule has 2 heterocycles. The van der Waals surface area contributed by atoms with Gasteiger partial charge in [-0.2, -0.15) is 23.5 Å². The van der Waals surface area contributed by atoms with Crippen LogP contribution in [0.2, 0.25) is 0 Å². The summed E-state index contributed by atoms with van der Waals surface area (Å²) in [4.78, 5) is 12.1. The third kappa shape index (κ3) is 3.77. The molecule has 2 aliphatic heterocycles. The fourth-order valence-corrected chi connectivity index (χ4v) is 5.02. The lowest BCUT2D eigenvalue weighted by Crippen LogP contribution is -2.33. The number of carbonyl (C=O) groups excluding carboxylic acids is 1. The van der Waals surface area contributed by atoms with Crippen molar-refractivity contribution in [1.82, 2.24) is 5.32 Å². The average Bonchev–Trinajstić information content (AvgIpc) is 2.93. The lowest BCUT2D eigenvalue weighted by atomic mass is 10.1. The molecule has 110 valence electrons. The molecule has 6 heteroatoms. The van der Waals surface area contributed by atoms with Gasteiger partial charge in [-0.3, -0.25) is 4.79 Å². The second kappa shape index (κ2) is 7.48. The van der Waals surface area contributed by atoms with Gasteiger partial charge in [0.15, 0.2) is 0 Å². The van der Waals surface area contributed by atoms with Crippen LogP contribution in [0.25, 0.3) is 0 Å². The van der Waals surface area contributed by atoms with E-state index < -0.39 is 0 Å². The Bertz CT molecular complexity index is 478. The molecule has 1 aromatic rings. The molecule has 0 aromatic heterocycles. The van der Waals surface area contributed by atoms with E-state index in [0.717, 1.165) is 30.8 Å². The summed E-state index contributed by atoms with van der Waals surface area (Å²) >= 11 is 3.96. The highest BCUT2D eigenvalue weighted by atomic mass is 35.5. The summed E-state index contributed by atoms with van der Waals surface area (Å²) in [5.41, 5.74) is 3.22. The summed E-state index contributed by atoms with van der Waals surface area (Å²) in [6.07, 6.45) is 1.02. The van der Waals surface area contributed by atoms with Gasteiger partial charge >= 0.3 is 0 Å². The molecule has 1 aromatic carbocycles. The quantitative estimate of drug-likeness (QED) is 0.894. The molecule has 3 nitrogen and oxygen atoms in total. The van der Waals surface area contributed by atoms with E-state index in [1.165, 1.54) is 22.8 Å². The summed E-state index contributed by atoms with van der Waals surface area (Å²) in [7, 11) is 0. The molecule has 1 atom stereocenters. The van der Waals surface area contributed by atoms with E-state index in [0.29, 0.717) is 5.25 Å². The molecule has 2 aliphatic rings. The van der Waals surface area contributed by atoms with Crippen LogP contribution in [-0.4, -0.2) is 41.5 Å². The Morgan fingerprint density at radius 2 is 2.30 bits per heavy atom. The molecule has 0 spiro atoms. The van der Waals surface area contributed by atoms with Gasteiger partial charge in [-0.05, 0) is 30.2 Å². The largest absolute Gasteiger partial charge is 0.384 e. The number of hydrogen-bond acceptors (Lipinski definition) is 4. The third-order valence-electron chi connectivity index (χ3n) is 3.45. The number of anilines is 1. The van der Waals surface area contributed by atoms with Crippen molar-refractivity contribution in [2.75, 3.05) is 35.7 Å². The molecule has 1 saturated heterocycles. The monoisotopic (exact) mass is 330 g/mol. The Morgan fingerprint density at radius 1 is 1.40 bits per heavy atom. The van der Waals surface area contributed by atoms with Crippen molar-refractivity contribution >= 4 is 47.5 Å². The minimum atomic E-state index is 0. The molecule has 1 amide bonds. The Morgan fingerprint density at radius 3 is 3.10 bits per heavy atom. The Labute approximate surface area is 134 Å². The summed E-state index contributed by atoms with van der Waals surface area (Å²) in [6, 6.07) is 5.95. The van der Waals surface area contributed by atoms with Crippen LogP contribution in [0.1, 0.15) is 15.9 Å². The normalized spacial score (nSPS) is 20.5. The first-order valence-corrected chi connectivity index (χ1v) is 8.87. The van der Waals surface area contributed by atoms with Gasteiger partial charge in [0.25, 0.3) is 5.91 Å². The van der Waals surface area contributed by atoms with Crippen molar-refractivity contribution in [2.45, 2.75) is 11.7 Å². The van der Waals surface area contributed by atoms with E-state index in [4.69, 9.17) is 0 Å². The molecule has 3 rings (SSSR count). The lowest BCUT2D eigenvalue weighted by Gasteiger charge is -2.21. The Balaban J connectivity index is 0.00000147. The summed E-state index contributed by atoms with van der Waals surface area (Å²) in [6.45, 7) is 1.77. The van der Waals surface area contributed by atoms with Crippen LogP contribution in [0.5, 0.6) is 0 Å². The van der Waals surface area contributed by atoms with Gasteiger partial charge in [-0.15, -0.1) is 12.4 Å². The maximum Gasteiger partial charge on any atom is 0.251 e. The number of halogens is 1. The van der Waals surface area contributed by atoms with E-state index in [9.17, 15) is 4.79 Å². The van der Waals surface area contributed by atoms with Crippen molar-refractivity contribution < 1.29 is 4.79 Å². The molecule has 0 radical (unpaired) electrons. The number of amides is 1. The van der Waals surface area contributed by atoms with Crippen molar-refractivity contribution in [3.8, 4) is 0 Å². The number of benzene rings is 1. The van der Waals surface area contributed by atoms with Gasteiger partial charge in [-0.25, -0.2) is 0 Å². The molecule has 20 heavy (non-hydrogen) atoms. The topological polar surface area (TPSA) is 41.1 Å². The number of hydrogen-bond donors (Lipinski definition) is 2. The predicted octanol–water partition coefficient (Wildman–Crippen LogP) is 2.65. The van der Waals surface area contributed by atoms with Gasteiger partial charge in [0.05, 0.1) is 0 Å². The molecule has 0 aliphatic carbocycles. The van der Waals surface area contributed by atoms with E-state index in [-0.39, 0.29) is 18.3 Å². The maximum absolute atomic E-state index is 12.1. The van der Waals surface area contributed by atoms with Gasteiger partial charge in [0.1, 0.15) is 0 Å². The molecule has 2 N–H and O–H groups in total. The van der Waals surface area contributed by atoms with Gasteiger partial charge in [0, 0.05) is 46.8 Å². The van der Waals surface area contributed by atoms with Crippen LogP contribution < -0.4 is 10.6 Å². The number of thioether (sulfide) groups is 2. The van der Waals surface area contributed by atoms with Crippen LogP contribution in [-0.2, 0) is 6.42 Å². The first-order valence-electron chi connectivity index (χ1n) is 6.67. The summed E-state index contributed by atoms with van der Waals surface area (Å²) < 4.78 is 0. The smallest absolute Gasteiger partial charge is 0.251 e. The highest BCUT2D eigenvalue weighted by Gasteiger charge is 2.17. The summed E-state index contributed by atoms with van der Waals surface area (Å²) in [5, 5.41) is 6.95. The van der Waals surface area contributed by atoms with Crippen LogP contribution in [0, 0.1) is 0 Å². The first kappa shape index (κ1) is 15.9. The van der Waals surface area contributed by atoms with Gasteiger partial charge in [0.2, 0.25) is 0 Å². The first-order chi connectivity index (χ1) is 9.33. The van der Waals surface area contributed by atoms with Crippen molar-refractivity contribution in [2.24, 2.45) is 0 Å². The van der Waals surface area contributed by atoms with E-state index >= 15 is 0 Å². The number of carbonyl (C=O) groups is 1. The minimum absolute atomic E-state index is 0. The van der Waals surface area contributed by atoms with Gasteiger partial charge in [-0.1, -0.05) is 0 Å². The number of rotatable bonds is 3. The average molecular weight is 331 g/mol. The zero-order chi connectivity index (χ0) is 13.1. The predicted molar refractivity (Wildman–Crippen MR) is 91.8 cm³/mol. The van der Waals surface area contributed by atoms with Crippen LogP contribution in [0.4, 0.5) is 5.69 Å². The zero-order valence-electron chi connectivity index (χ0n) is 11.2. The van der Waals surface area contributed by atoms with E-state index in [1.807, 2.05) is 41.7 Å². The molecule has 0 bridgehead atoms. The highest BCUT2D eigenvalue weighted by molar-refractivity contribution is 8.06. The van der Waals surface area contributed by atoms with Crippen LogP contribution >= 0.6 is 35.9 Å². The van der Waals surface area contributed by atoms with Crippen molar-refractivity contribution in [1.29, 1.82) is 0 Å². The number of fused-ring (bicyclic) bond motifs is 1. The molecular weight excluding hydrogens is 312 g/mol. The fourth-order valence-electron chi connectivity index (χ4n) is 2.41. The zero-order valence-corrected chi connectivity index (χ0v) is 13.6. The highest BCUT2D eigenvalue weighted by Crippen LogP contribution is 2.24. The molecule has 1 fully saturated rings. The maximum atomic E-state index is 12.1. The molecule has 0 saturated carbocycles. The van der Waals surface area contributed by atoms with Crippen molar-refractivity contribution in [3.63, 3.8) is 0 Å². The standard InChI is InChI=1S/C14H18N2OS2.ClH/c17-14(16-8-12-9-18-5-6-19-12)11-1-2-13-10(7-11)3-4-15-13;/h1-2,7,12,15H,3-6,8-9H2,(H,16,17);1H. The SMILES string of the molecule is Cl.O=C(NCC1CSCCS1)c1ccc2c(c1)CCN2. The second-order valence-electron chi connectivity index (χ2n) is 4.83. The van der Waals surface area contributed by atoms with E-state index in [1.54, 1.807) is 0 Å². The lowest BCUT2D eigenvalue weighted by molar-refractivity contribution is 0.0954. The third-order valence-corrected chi connectivity index (χ3v) is 6.30. The fraction of sp³-hybridized carbons (Fsp3) is 0.500. The Hall–Kier alpha value is -0.520. The van der Waals surface area contributed by atoms with Crippen molar-refractivity contribution in [3.05, 3.63) is 29.3 Å². The van der Waals surface area contributed by atoms with E-state index in [2.05, 4.69) is 10.6 Å². The van der Waals surface area contributed by atoms with Gasteiger partial charge < -0.3 is 10.6 Å². The molecular formula is C14H19ClN2OS2. The van der Waals surface area contributed by atoms with Crippen LogP contribution in [0.3, 0.4) is 0 Å². The second-order valence-corrected chi connectivity index (χ2v) is 7.38. The molecule has 1 unspecified atom stereocenters. The minimum Gasteiger partial charge on any atom is -0.384 e. The number of nitrogens with one attached hydrogen (secondary N) is 2.